The van der Waals surface area contributed by atoms with Crippen LogP contribution in [0.4, 0.5) is 0 Å². The quantitative estimate of drug-likeness (QED) is 0.895. The SMILES string of the molecule is Cc1ccc(OCC(=O)N(C)C(C)(C)C(=O)O)cc1C. The van der Waals surface area contributed by atoms with Crippen molar-refractivity contribution in [3.8, 4) is 5.75 Å². The van der Waals surface area contributed by atoms with Gasteiger partial charge in [-0.2, -0.15) is 0 Å². The van der Waals surface area contributed by atoms with E-state index in [-0.39, 0.29) is 12.5 Å². The van der Waals surface area contributed by atoms with Crippen LogP contribution in [0, 0.1) is 13.8 Å². The van der Waals surface area contributed by atoms with E-state index >= 15 is 0 Å². The highest BCUT2D eigenvalue weighted by atomic mass is 16.5. The summed E-state index contributed by atoms with van der Waals surface area (Å²) in [6, 6.07) is 5.56. The molecular formula is C15H21NO4. The van der Waals surface area contributed by atoms with E-state index in [0.29, 0.717) is 5.75 Å². The maximum atomic E-state index is 12.0. The summed E-state index contributed by atoms with van der Waals surface area (Å²) in [5, 5.41) is 9.08. The summed E-state index contributed by atoms with van der Waals surface area (Å²) in [4.78, 5) is 24.2. The molecule has 0 heterocycles. The Labute approximate surface area is 119 Å². The van der Waals surface area contributed by atoms with E-state index < -0.39 is 11.5 Å². The van der Waals surface area contributed by atoms with Gasteiger partial charge in [-0.3, -0.25) is 4.79 Å². The van der Waals surface area contributed by atoms with Crippen LogP contribution in [-0.4, -0.2) is 41.1 Å². The molecule has 0 aliphatic carbocycles. The van der Waals surface area contributed by atoms with Gasteiger partial charge >= 0.3 is 5.97 Å². The number of carboxylic acids is 1. The summed E-state index contributed by atoms with van der Waals surface area (Å²) >= 11 is 0. The second kappa shape index (κ2) is 5.94. The maximum absolute atomic E-state index is 12.0. The predicted octanol–water partition coefficient (Wildman–Crippen LogP) is 2.00. The first-order chi connectivity index (χ1) is 9.16. The standard InChI is InChI=1S/C15H21NO4/c1-10-6-7-12(8-11(10)2)20-9-13(17)16(5)15(3,4)14(18)19/h6-8H,9H2,1-5H3,(H,18,19). The summed E-state index contributed by atoms with van der Waals surface area (Å²) in [6.45, 7) is 6.72. The lowest BCUT2D eigenvalue weighted by atomic mass is 10.0. The van der Waals surface area contributed by atoms with Crippen molar-refractivity contribution in [3.05, 3.63) is 29.3 Å². The van der Waals surface area contributed by atoms with Crippen LogP contribution in [0.3, 0.4) is 0 Å². The fraction of sp³-hybridized carbons (Fsp3) is 0.467. The first-order valence-electron chi connectivity index (χ1n) is 6.36. The molecule has 0 aromatic heterocycles. The van der Waals surface area contributed by atoms with Gasteiger partial charge in [-0.05, 0) is 51.0 Å². The zero-order valence-electron chi connectivity index (χ0n) is 12.6. The molecule has 0 radical (unpaired) electrons. The molecule has 5 nitrogen and oxygen atoms in total. The highest BCUT2D eigenvalue weighted by molar-refractivity contribution is 5.86. The van der Waals surface area contributed by atoms with Crippen molar-refractivity contribution in [3.63, 3.8) is 0 Å². The molecule has 1 amide bonds. The minimum Gasteiger partial charge on any atom is -0.484 e. The summed E-state index contributed by atoms with van der Waals surface area (Å²) in [7, 11) is 1.46. The van der Waals surface area contributed by atoms with E-state index in [1.165, 1.54) is 25.8 Å². The van der Waals surface area contributed by atoms with Gasteiger partial charge in [0.05, 0.1) is 0 Å². The molecule has 110 valence electrons. The molecule has 0 unspecified atom stereocenters. The van der Waals surface area contributed by atoms with Gasteiger partial charge in [-0.15, -0.1) is 0 Å². The lowest BCUT2D eigenvalue weighted by Crippen LogP contribution is -2.52. The largest absolute Gasteiger partial charge is 0.484 e. The number of likely N-dealkylation sites (N-methyl/N-ethyl adjacent to an activating group) is 1. The van der Waals surface area contributed by atoms with Crippen molar-refractivity contribution in [2.24, 2.45) is 0 Å². The van der Waals surface area contributed by atoms with E-state index in [1.54, 1.807) is 6.07 Å². The van der Waals surface area contributed by atoms with Crippen molar-refractivity contribution in [1.29, 1.82) is 0 Å². The number of ether oxygens (including phenoxy) is 1. The molecule has 0 atom stereocenters. The van der Waals surface area contributed by atoms with E-state index in [4.69, 9.17) is 9.84 Å². The maximum Gasteiger partial charge on any atom is 0.329 e. The molecule has 0 bridgehead atoms. The molecular weight excluding hydrogens is 258 g/mol. The average molecular weight is 279 g/mol. The number of carboxylic acid groups (broad SMARTS) is 1. The highest BCUT2D eigenvalue weighted by Crippen LogP contribution is 2.17. The van der Waals surface area contributed by atoms with Crippen LogP contribution >= 0.6 is 0 Å². The van der Waals surface area contributed by atoms with Crippen LogP contribution in [-0.2, 0) is 9.59 Å². The third-order valence-corrected chi connectivity index (χ3v) is 3.58. The van der Waals surface area contributed by atoms with E-state index in [0.717, 1.165) is 11.1 Å². The number of carbonyl (C=O) groups is 2. The number of amides is 1. The van der Waals surface area contributed by atoms with Crippen molar-refractivity contribution >= 4 is 11.9 Å². The summed E-state index contributed by atoms with van der Waals surface area (Å²) in [6.07, 6.45) is 0. The summed E-state index contributed by atoms with van der Waals surface area (Å²) in [5.74, 6) is -0.835. The first kappa shape index (κ1) is 16.0. The normalized spacial score (nSPS) is 11.1. The minimum atomic E-state index is -1.26. The molecule has 0 aliphatic heterocycles. The number of aliphatic carboxylic acids is 1. The Morgan fingerprint density at radius 2 is 1.85 bits per heavy atom. The molecule has 0 saturated heterocycles. The average Bonchev–Trinajstić information content (AvgIpc) is 2.38. The molecule has 20 heavy (non-hydrogen) atoms. The summed E-state index contributed by atoms with van der Waals surface area (Å²) < 4.78 is 5.42. The van der Waals surface area contributed by atoms with Crippen molar-refractivity contribution in [1.82, 2.24) is 4.90 Å². The van der Waals surface area contributed by atoms with Crippen LogP contribution in [0.15, 0.2) is 18.2 Å². The molecule has 5 heteroatoms. The number of rotatable bonds is 5. The van der Waals surface area contributed by atoms with E-state index in [1.807, 2.05) is 26.0 Å². The Hall–Kier alpha value is -2.04. The Balaban J connectivity index is 2.67. The lowest BCUT2D eigenvalue weighted by molar-refractivity contribution is -0.156. The fourth-order valence-corrected chi connectivity index (χ4v) is 1.50. The van der Waals surface area contributed by atoms with Crippen LogP contribution in [0.25, 0.3) is 0 Å². The molecule has 0 saturated carbocycles. The number of benzene rings is 1. The third-order valence-electron chi connectivity index (χ3n) is 3.58. The van der Waals surface area contributed by atoms with Gasteiger partial charge in [0.25, 0.3) is 5.91 Å². The molecule has 0 aliphatic rings. The van der Waals surface area contributed by atoms with Crippen LogP contribution in [0.2, 0.25) is 0 Å². The number of carbonyl (C=O) groups excluding carboxylic acids is 1. The second-order valence-corrected chi connectivity index (χ2v) is 5.35. The van der Waals surface area contributed by atoms with Gasteiger partial charge in [0.2, 0.25) is 0 Å². The number of aryl methyl sites for hydroxylation is 2. The monoisotopic (exact) mass is 279 g/mol. The number of hydrogen-bond acceptors (Lipinski definition) is 3. The van der Waals surface area contributed by atoms with Gasteiger partial charge in [0.1, 0.15) is 11.3 Å². The van der Waals surface area contributed by atoms with Gasteiger partial charge in [0.15, 0.2) is 6.61 Å². The first-order valence-corrected chi connectivity index (χ1v) is 6.36. The zero-order chi connectivity index (χ0) is 15.5. The van der Waals surface area contributed by atoms with Crippen molar-refractivity contribution in [2.75, 3.05) is 13.7 Å². The van der Waals surface area contributed by atoms with Gasteiger partial charge in [-0.1, -0.05) is 6.07 Å². The molecule has 1 aromatic rings. The molecule has 0 fully saturated rings. The van der Waals surface area contributed by atoms with E-state index in [9.17, 15) is 9.59 Å². The number of hydrogen-bond donors (Lipinski definition) is 1. The molecule has 1 aromatic carbocycles. The summed E-state index contributed by atoms with van der Waals surface area (Å²) in [5.41, 5.74) is 0.964. The molecule has 0 spiro atoms. The van der Waals surface area contributed by atoms with Gasteiger partial charge in [-0.25, -0.2) is 4.79 Å². The minimum absolute atomic E-state index is 0.185. The Bertz CT molecular complexity index is 523. The lowest BCUT2D eigenvalue weighted by Gasteiger charge is -2.31. The van der Waals surface area contributed by atoms with Crippen molar-refractivity contribution in [2.45, 2.75) is 33.2 Å². The Morgan fingerprint density at radius 1 is 1.25 bits per heavy atom. The second-order valence-electron chi connectivity index (χ2n) is 5.35. The topological polar surface area (TPSA) is 66.8 Å². The van der Waals surface area contributed by atoms with Crippen molar-refractivity contribution < 1.29 is 19.4 Å². The fourth-order valence-electron chi connectivity index (χ4n) is 1.50. The Morgan fingerprint density at radius 3 is 2.35 bits per heavy atom. The molecule has 1 N–H and O–H groups in total. The van der Waals surface area contributed by atoms with Gasteiger partial charge in [0, 0.05) is 7.05 Å². The van der Waals surface area contributed by atoms with Crippen LogP contribution in [0.5, 0.6) is 5.75 Å². The third kappa shape index (κ3) is 3.50. The predicted molar refractivity (Wildman–Crippen MR) is 75.9 cm³/mol. The van der Waals surface area contributed by atoms with Crippen LogP contribution in [0.1, 0.15) is 25.0 Å². The molecule has 1 rings (SSSR count). The Kier molecular flexibility index (Phi) is 4.76. The van der Waals surface area contributed by atoms with E-state index in [2.05, 4.69) is 0 Å². The number of nitrogens with zero attached hydrogens (tertiary/aromatic N) is 1. The van der Waals surface area contributed by atoms with Gasteiger partial charge < -0.3 is 14.7 Å². The smallest absolute Gasteiger partial charge is 0.329 e. The zero-order valence-corrected chi connectivity index (χ0v) is 12.6. The highest BCUT2D eigenvalue weighted by Gasteiger charge is 2.35. The van der Waals surface area contributed by atoms with Crippen LogP contribution < -0.4 is 4.74 Å².